The van der Waals surface area contributed by atoms with Crippen molar-refractivity contribution in [3.63, 3.8) is 0 Å². The first-order valence-electron chi connectivity index (χ1n) is 4.86. The highest BCUT2D eigenvalue weighted by Crippen LogP contribution is 2.18. The fourth-order valence-corrected chi connectivity index (χ4v) is 0.994. The highest BCUT2D eigenvalue weighted by molar-refractivity contribution is 5.86. The first-order chi connectivity index (χ1) is 7.08. The summed E-state index contributed by atoms with van der Waals surface area (Å²) >= 11 is 0. The van der Waals surface area contributed by atoms with Crippen LogP contribution >= 0.6 is 0 Å². The predicted octanol–water partition coefficient (Wildman–Crippen LogP) is -0.754. The Morgan fingerprint density at radius 1 is 1.13 bits per heavy atom. The Hall–Kier alpha value is -1.59. The van der Waals surface area contributed by atoms with Crippen LogP contribution in [0.2, 0.25) is 0 Å². The highest BCUT2D eigenvalue weighted by atomic mass is 16.4. The van der Waals surface area contributed by atoms with E-state index in [2.05, 4.69) is 10.6 Å². The molecule has 0 radical (unpaired) electrons. The summed E-state index contributed by atoms with van der Waals surface area (Å²) in [5.74, 6) is -1.66. The summed E-state index contributed by atoms with van der Waals surface area (Å²) in [6.45, 7) is -0.0745. The maximum absolute atomic E-state index is 11.1. The number of carbonyl (C=O) groups excluding carboxylic acids is 2. The fraction of sp³-hybridized carbons (Fsp3) is 0.667. The first kappa shape index (κ1) is 11.5. The van der Waals surface area contributed by atoms with Crippen molar-refractivity contribution >= 4 is 17.8 Å². The molecule has 1 aliphatic carbocycles. The van der Waals surface area contributed by atoms with Gasteiger partial charge < -0.3 is 15.7 Å². The number of aliphatic carboxylic acids is 1. The number of hydrogen-bond acceptors (Lipinski definition) is 3. The molecule has 0 unspecified atom stereocenters. The first-order valence-corrected chi connectivity index (χ1v) is 4.86. The van der Waals surface area contributed by atoms with Gasteiger partial charge in [-0.2, -0.15) is 0 Å². The zero-order valence-electron chi connectivity index (χ0n) is 8.28. The van der Waals surface area contributed by atoms with Crippen LogP contribution < -0.4 is 10.6 Å². The molecule has 84 valence electrons. The van der Waals surface area contributed by atoms with E-state index in [1.165, 1.54) is 0 Å². The van der Waals surface area contributed by atoms with E-state index in [1.807, 2.05) is 0 Å². The summed E-state index contributed by atoms with van der Waals surface area (Å²) in [5, 5.41) is 13.4. The monoisotopic (exact) mass is 214 g/mol. The van der Waals surface area contributed by atoms with Crippen LogP contribution in [0.1, 0.15) is 25.7 Å². The lowest BCUT2D eigenvalue weighted by Crippen LogP contribution is -2.37. The average Bonchev–Trinajstić information content (AvgIpc) is 2.95. The van der Waals surface area contributed by atoms with Crippen molar-refractivity contribution < 1.29 is 19.5 Å². The molecule has 1 fully saturated rings. The maximum atomic E-state index is 11.1. The Balaban J connectivity index is 2.04. The van der Waals surface area contributed by atoms with Crippen LogP contribution in [0.3, 0.4) is 0 Å². The van der Waals surface area contributed by atoms with Gasteiger partial charge >= 0.3 is 5.97 Å². The molecule has 0 aliphatic heterocycles. The molecule has 1 aliphatic rings. The Labute approximate surface area is 87.0 Å². The number of carboxylic acid groups (broad SMARTS) is 1. The van der Waals surface area contributed by atoms with E-state index >= 15 is 0 Å². The molecule has 0 heterocycles. The van der Waals surface area contributed by atoms with Gasteiger partial charge in [0.15, 0.2) is 0 Å². The standard InChI is InChI=1S/C9H14N2O4/c12-7(3-4-9(14)15)10-5-8(13)11-6-1-2-6/h6H,1-5H2,(H,10,12)(H,11,13)(H,14,15). The topological polar surface area (TPSA) is 95.5 Å². The van der Waals surface area contributed by atoms with Crippen LogP contribution in [-0.2, 0) is 14.4 Å². The van der Waals surface area contributed by atoms with Gasteiger partial charge in [0.25, 0.3) is 0 Å². The number of amides is 2. The normalized spacial score (nSPS) is 14.4. The predicted molar refractivity (Wildman–Crippen MR) is 51.0 cm³/mol. The molecule has 1 saturated carbocycles. The largest absolute Gasteiger partial charge is 0.481 e. The van der Waals surface area contributed by atoms with Gasteiger partial charge in [-0.05, 0) is 12.8 Å². The zero-order valence-corrected chi connectivity index (χ0v) is 8.28. The van der Waals surface area contributed by atoms with Gasteiger partial charge in [-0.1, -0.05) is 0 Å². The lowest BCUT2D eigenvalue weighted by Gasteiger charge is -2.04. The molecule has 1 rings (SSSR count). The van der Waals surface area contributed by atoms with E-state index in [-0.39, 0.29) is 31.3 Å². The van der Waals surface area contributed by atoms with Gasteiger partial charge in [0.2, 0.25) is 11.8 Å². The Morgan fingerprint density at radius 2 is 1.80 bits per heavy atom. The molecule has 0 atom stereocenters. The number of rotatable bonds is 6. The number of nitrogens with one attached hydrogen (secondary N) is 2. The highest BCUT2D eigenvalue weighted by Gasteiger charge is 2.23. The summed E-state index contributed by atoms with van der Waals surface area (Å²) in [6.07, 6.45) is 1.69. The van der Waals surface area contributed by atoms with Crippen molar-refractivity contribution in [1.29, 1.82) is 0 Å². The summed E-state index contributed by atoms with van der Waals surface area (Å²) in [7, 11) is 0. The fourth-order valence-electron chi connectivity index (χ4n) is 0.994. The van der Waals surface area contributed by atoms with Gasteiger partial charge in [-0.3, -0.25) is 14.4 Å². The molecule has 0 spiro atoms. The van der Waals surface area contributed by atoms with Crippen LogP contribution in [0.5, 0.6) is 0 Å². The quantitative estimate of drug-likeness (QED) is 0.542. The summed E-state index contributed by atoms with van der Waals surface area (Å²) in [6, 6.07) is 0.272. The smallest absolute Gasteiger partial charge is 0.303 e. The Kier molecular flexibility index (Phi) is 4.08. The maximum Gasteiger partial charge on any atom is 0.303 e. The van der Waals surface area contributed by atoms with Crippen molar-refractivity contribution in [3.8, 4) is 0 Å². The third-order valence-corrected chi connectivity index (χ3v) is 1.95. The molecular weight excluding hydrogens is 200 g/mol. The molecule has 0 aromatic carbocycles. The minimum atomic E-state index is -1.02. The van der Waals surface area contributed by atoms with Gasteiger partial charge in [-0.25, -0.2) is 0 Å². The summed E-state index contributed by atoms with van der Waals surface area (Å²) in [4.78, 5) is 32.2. The summed E-state index contributed by atoms with van der Waals surface area (Å²) < 4.78 is 0. The van der Waals surface area contributed by atoms with E-state index in [9.17, 15) is 14.4 Å². The summed E-state index contributed by atoms with van der Waals surface area (Å²) in [5.41, 5.74) is 0. The molecule has 6 nitrogen and oxygen atoms in total. The number of carbonyl (C=O) groups is 3. The van der Waals surface area contributed by atoms with Crippen molar-refractivity contribution in [3.05, 3.63) is 0 Å². The van der Waals surface area contributed by atoms with Gasteiger partial charge in [0.05, 0.1) is 13.0 Å². The molecule has 0 aromatic rings. The number of carboxylic acids is 1. The second-order valence-electron chi connectivity index (χ2n) is 3.51. The van der Waals surface area contributed by atoms with Crippen molar-refractivity contribution in [1.82, 2.24) is 10.6 Å². The van der Waals surface area contributed by atoms with Crippen molar-refractivity contribution in [2.75, 3.05) is 6.54 Å². The molecular formula is C9H14N2O4. The molecule has 3 N–H and O–H groups in total. The van der Waals surface area contributed by atoms with Gasteiger partial charge in [0.1, 0.15) is 0 Å². The molecule has 6 heteroatoms. The van der Waals surface area contributed by atoms with E-state index < -0.39 is 11.9 Å². The average molecular weight is 214 g/mol. The van der Waals surface area contributed by atoms with Crippen LogP contribution in [0.4, 0.5) is 0 Å². The van der Waals surface area contributed by atoms with Crippen LogP contribution in [0.25, 0.3) is 0 Å². The molecule has 0 bridgehead atoms. The molecule has 15 heavy (non-hydrogen) atoms. The molecule has 2 amide bonds. The van der Waals surface area contributed by atoms with Crippen LogP contribution in [-0.4, -0.2) is 35.5 Å². The second kappa shape index (κ2) is 5.33. The van der Waals surface area contributed by atoms with Crippen LogP contribution in [0.15, 0.2) is 0 Å². The second-order valence-corrected chi connectivity index (χ2v) is 3.51. The van der Waals surface area contributed by atoms with Gasteiger partial charge in [0, 0.05) is 12.5 Å². The van der Waals surface area contributed by atoms with E-state index in [0.717, 1.165) is 12.8 Å². The van der Waals surface area contributed by atoms with E-state index in [4.69, 9.17) is 5.11 Å². The lowest BCUT2D eigenvalue weighted by atomic mass is 10.3. The third-order valence-electron chi connectivity index (χ3n) is 1.95. The lowest BCUT2D eigenvalue weighted by molar-refractivity contribution is -0.138. The van der Waals surface area contributed by atoms with E-state index in [0.29, 0.717) is 0 Å². The third kappa shape index (κ3) is 5.66. The van der Waals surface area contributed by atoms with Crippen molar-refractivity contribution in [2.24, 2.45) is 0 Å². The molecule has 0 aromatic heterocycles. The Bertz CT molecular complexity index is 273. The van der Waals surface area contributed by atoms with Crippen LogP contribution in [0, 0.1) is 0 Å². The zero-order chi connectivity index (χ0) is 11.3. The SMILES string of the molecule is O=C(O)CCC(=O)NCC(=O)NC1CC1. The van der Waals surface area contributed by atoms with Crippen molar-refractivity contribution in [2.45, 2.75) is 31.7 Å². The minimum Gasteiger partial charge on any atom is -0.481 e. The number of hydrogen-bond donors (Lipinski definition) is 3. The van der Waals surface area contributed by atoms with E-state index in [1.54, 1.807) is 0 Å². The Morgan fingerprint density at radius 3 is 2.33 bits per heavy atom. The van der Waals surface area contributed by atoms with Gasteiger partial charge in [-0.15, -0.1) is 0 Å². The minimum absolute atomic E-state index is 0.0745. The molecule has 0 saturated heterocycles.